The molecular weight excluding hydrogens is 541 g/mol. The van der Waals surface area contributed by atoms with Crippen molar-refractivity contribution in [2.24, 2.45) is 11.8 Å². The van der Waals surface area contributed by atoms with Gasteiger partial charge in [-0.15, -0.1) is 0 Å². The molecule has 1 aliphatic heterocycles. The number of hydrogen-bond donors (Lipinski definition) is 2. The summed E-state index contributed by atoms with van der Waals surface area (Å²) in [7, 11) is -3.34. The summed E-state index contributed by atoms with van der Waals surface area (Å²) in [5.41, 5.74) is 3.33. The molecule has 6 nitrogen and oxygen atoms in total. The van der Waals surface area contributed by atoms with Crippen molar-refractivity contribution >= 4 is 15.7 Å². The Morgan fingerprint density at radius 3 is 2.33 bits per heavy atom. The standard InChI is InChI=1S/C30H39F3N2O4S/c1-3-28-26-14-9-23(29(37)34-27(19-36)21-7-12-25(13-8-21)40(38,39)4-2)17-22(26)15-16-35(28)18-20-5-10-24(11-6-20)30(31,32)33/h7-9,12-14,17,20,24,27-28,36H,3-6,10-11,15-16,18-19H2,1-2H3,(H,34,37)/t20?,24?,27-,28-/m0/s1. The highest BCUT2D eigenvalue weighted by Gasteiger charge is 2.42. The van der Waals surface area contributed by atoms with E-state index < -0.39 is 28.0 Å². The third-order valence-electron chi connectivity index (χ3n) is 8.57. The van der Waals surface area contributed by atoms with Crippen molar-refractivity contribution in [1.29, 1.82) is 0 Å². The van der Waals surface area contributed by atoms with Crippen molar-refractivity contribution in [3.63, 3.8) is 0 Å². The second kappa shape index (κ2) is 12.6. The summed E-state index contributed by atoms with van der Waals surface area (Å²) in [5.74, 6) is -1.24. The number of halogens is 3. The van der Waals surface area contributed by atoms with Crippen LogP contribution in [-0.2, 0) is 16.3 Å². The third kappa shape index (κ3) is 6.89. The van der Waals surface area contributed by atoms with E-state index in [4.69, 9.17) is 0 Å². The predicted octanol–water partition coefficient (Wildman–Crippen LogP) is 5.62. The Kier molecular flexibility index (Phi) is 9.62. The average molecular weight is 581 g/mol. The van der Waals surface area contributed by atoms with Gasteiger partial charge in [-0.1, -0.05) is 32.0 Å². The summed E-state index contributed by atoms with van der Waals surface area (Å²) in [4.78, 5) is 15.7. The fourth-order valence-electron chi connectivity index (χ4n) is 6.16. The number of nitrogens with zero attached hydrogens (tertiary/aromatic N) is 1. The highest BCUT2D eigenvalue weighted by molar-refractivity contribution is 7.91. The minimum Gasteiger partial charge on any atom is -0.394 e. The van der Waals surface area contributed by atoms with Crippen LogP contribution in [0.1, 0.15) is 85.1 Å². The van der Waals surface area contributed by atoms with Gasteiger partial charge in [-0.2, -0.15) is 13.2 Å². The zero-order valence-electron chi connectivity index (χ0n) is 23.1. The fourth-order valence-corrected chi connectivity index (χ4v) is 7.04. The van der Waals surface area contributed by atoms with E-state index in [0.717, 1.165) is 37.1 Å². The Hall–Kier alpha value is -2.43. The molecule has 4 rings (SSSR count). The number of benzene rings is 2. The number of sulfone groups is 1. The van der Waals surface area contributed by atoms with Gasteiger partial charge in [-0.05, 0) is 85.4 Å². The minimum absolute atomic E-state index is 0.00947. The number of fused-ring (bicyclic) bond motifs is 1. The number of aliphatic hydroxyl groups is 1. The quantitative estimate of drug-likeness (QED) is 0.402. The van der Waals surface area contributed by atoms with Crippen LogP contribution < -0.4 is 5.32 Å². The van der Waals surface area contributed by atoms with Gasteiger partial charge >= 0.3 is 6.18 Å². The number of hydrogen-bond acceptors (Lipinski definition) is 5. The van der Waals surface area contributed by atoms with Crippen molar-refractivity contribution in [1.82, 2.24) is 10.2 Å². The van der Waals surface area contributed by atoms with Gasteiger partial charge in [0.15, 0.2) is 9.84 Å². The maximum Gasteiger partial charge on any atom is 0.391 e. The first-order chi connectivity index (χ1) is 19.0. The van der Waals surface area contributed by atoms with Crippen LogP contribution in [0.4, 0.5) is 13.2 Å². The molecule has 1 heterocycles. The third-order valence-corrected chi connectivity index (χ3v) is 10.3. The van der Waals surface area contributed by atoms with Crippen LogP contribution in [0, 0.1) is 11.8 Å². The fraction of sp³-hybridized carbons (Fsp3) is 0.567. The van der Waals surface area contributed by atoms with Crippen molar-refractivity contribution < 1.29 is 31.5 Å². The Morgan fingerprint density at radius 2 is 1.75 bits per heavy atom. The molecule has 0 spiro atoms. The molecule has 220 valence electrons. The van der Waals surface area contributed by atoms with E-state index in [0.29, 0.717) is 24.0 Å². The highest BCUT2D eigenvalue weighted by atomic mass is 32.2. The first-order valence-corrected chi connectivity index (χ1v) is 15.8. The van der Waals surface area contributed by atoms with Gasteiger partial charge in [0.1, 0.15) is 0 Å². The summed E-state index contributed by atoms with van der Waals surface area (Å²) in [5, 5.41) is 12.8. The van der Waals surface area contributed by atoms with Crippen molar-refractivity contribution in [3.8, 4) is 0 Å². The number of amides is 1. The average Bonchev–Trinajstić information content (AvgIpc) is 2.95. The molecule has 0 bridgehead atoms. The Balaban J connectivity index is 1.41. The molecule has 40 heavy (non-hydrogen) atoms. The van der Waals surface area contributed by atoms with Crippen LogP contribution in [0.3, 0.4) is 0 Å². The molecule has 10 heteroatoms. The first kappa shape index (κ1) is 30.5. The van der Waals surface area contributed by atoms with Crippen LogP contribution >= 0.6 is 0 Å². The van der Waals surface area contributed by atoms with Gasteiger partial charge in [0.05, 0.1) is 29.2 Å². The lowest BCUT2D eigenvalue weighted by Crippen LogP contribution is -2.40. The second-order valence-electron chi connectivity index (χ2n) is 11.0. The van der Waals surface area contributed by atoms with E-state index in [2.05, 4.69) is 17.1 Å². The van der Waals surface area contributed by atoms with Crippen molar-refractivity contribution in [3.05, 3.63) is 64.7 Å². The van der Waals surface area contributed by atoms with Crippen molar-refractivity contribution in [2.75, 3.05) is 25.4 Å². The molecule has 1 fully saturated rings. The minimum atomic E-state index is -4.09. The summed E-state index contributed by atoms with van der Waals surface area (Å²) < 4.78 is 63.4. The SMILES string of the molecule is CC[C@H]1c2ccc(C(=O)N[C@@H](CO)c3ccc(S(=O)(=O)CC)cc3)cc2CCN1CC1CCC(C(F)(F)F)CC1. The Bertz CT molecular complexity index is 1270. The maximum atomic E-state index is 13.1. The van der Waals surface area contributed by atoms with E-state index in [9.17, 15) is 31.5 Å². The number of alkyl halides is 3. The number of rotatable bonds is 9. The van der Waals surface area contributed by atoms with Gasteiger partial charge in [-0.25, -0.2) is 8.42 Å². The zero-order valence-corrected chi connectivity index (χ0v) is 23.9. The van der Waals surface area contributed by atoms with E-state index in [1.165, 1.54) is 12.1 Å². The molecule has 2 aromatic rings. The van der Waals surface area contributed by atoms with Crippen LogP contribution in [0.15, 0.2) is 47.4 Å². The molecule has 2 aliphatic rings. The summed E-state index contributed by atoms with van der Waals surface area (Å²) in [6.45, 7) is 4.93. The number of aliphatic hydroxyl groups excluding tert-OH is 1. The summed E-state index contributed by atoms with van der Waals surface area (Å²) in [6.07, 6.45) is -0.840. The smallest absolute Gasteiger partial charge is 0.391 e. The predicted molar refractivity (Wildman–Crippen MR) is 148 cm³/mol. The van der Waals surface area contributed by atoms with E-state index >= 15 is 0 Å². The first-order valence-electron chi connectivity index (χ1n) is 14.1. The van der Waals surface area contributed by atoms with Crippen LogP contribution in [0.2, 0.25) is 0 Å². The lowest BCUT2D eigenvalue weighted by molar-refractivity contribution is -0.184. The van der Waals surface area contributed by atoms with E-state index in [1.807, 2.05) is 12.1 Å². The number of nitrogens with one attached hydrogen (secondary N) is 1. The van der Waals surface area contributed by atoms with Crippen LogP contribution in [-0.4, -0.2) is 56.0 Å². The van der Waals surface area contributed by atoms with Gasteiger partial charge in [0.2, 0.25) is 0 Å². The van der Waals surface area contributed by atoms with E-state index in [-0.39, 0.29) is 48.0 Å². The molecule has 2 N–H and O–H groups in total. The largest absolute Gasteiger partial charge is 0.394 e. The lowest BCUT2D eigenvalue weighted by Gasteiger charge is -2.40. The molecule has 0 unspecified atom stereocenters. The monoisotopic (exact) mass is 580 g/mol. The molecule has 0 saturated heterocycles. The summed E-state index contributed by atoms with van der Waals surface area (Å²) in [6, 6.07) is 11.3. The molecule has 2 atom stereocenters. The molecular formula is C30H39F3N2O4S. The van der Waals surface area contributed by atoms with Gasteiger partial charge in [0, 0.05) is 24.7 Å². The molecule has 1 saturated carbocycles. The topological polar surface area (TPSA) is 86.7 Å². The lowest BCUT2D eigenvalue weighted by atomic mass is 9.80. The molecule has 0 radical (unpaired) electrons. The molecule has 0 aromatic heterocycles. The summed E-state index contributed by atoms with van der Waals surface area (Å²) >= 11 is 0. The van der Waals surface area contributed by atoms with Crippen LogP contribution in [0.25, 0.3) is 0 Å². The van der Waals surface area contributed by atoms with E-state index in [1.54, 1.807) is 25.1 Å². The second-order valence-corrected chi connectivity index (χ2v) is 13.3. The van der Waals surface area contributed by atoms with Gasteiger partial charge in [0.25, 0.3) is 5.91 Å². The molecule has 1 amide bonds. The van der Waals surface area contributed by atoms with Gasteiger partial charge < -0.3 is 10.4 Å². The highest BCUT2D eigenvalue weighted by Crippen LogP contribution is 2.41. The van der Waals surface area contributed by atoms with Gasteiger partial charge in [-0.3, -0.25) is 9.69 Å². The number of carbonyl (C=O) groups is 1. The Morgan fingerprint density at radius 1 is 1.07 bits per heavy atom. The molecule has 2 aromatic carbocycles. The molecule has 1 aliphatic carbocycles. The Labute approximate surface area is 234 Å². The normalized spacial score (nSPS) is 22.9. The maximum absolute atomic E-state index is 13.1. The van der Waals surface area contributed by atoms with Crippen LogP contribution in [0.5, 0.6) is 0 Å². The zero-order chi connectivity index (χ0) is 29.1. The van der Waals surface area contributed by atoms with Crippen molar-refractivity contribution in [2.45, 2.75) is 75.5 Å². The number of carbonyl (C=O) groups excluding carboxylic acids is 1.